The maximum Gasteiger partial charge on any atom is 0.303 e. The van der Waals surface area contributed by atoms with Gasteiger partial charge in [-0.1, -0.05) is 0 Å². The van der Waals surface area contributed by atoms with Crippen molar-refractivity contribution in [3.63, 3.8) is 0 Å². The van der Waals surface area contributed by atoms with Gasteiger partial charge in [-0.15, -0.1) is 0 Å². The van der Waals surface area contributed by atoms with E-state index in [0.717, 1.165) is 6.33 Å². The number of nitrogens with two attached hydrogens (primary N) is 1. The Bertz CT molecular complexity index is 1260. The van der Waals surface area contributed by atoms with Crippen molar-refractivity contribution in [2.24, 2.45) is 0 Å². The molecule has 36 heavy (non-hydrogen) atoms. The van der Waals surface area contributed by atoms with Crippen molar-refractivity contribution in [2.75, 3.05) is 18.5 Å². The lowest BCUT2D eigenvalue weighted by Gasteiger charge is -2.35. The number of carboxylic acid groups (broad SMARTS) is 1. The van der Waals surface area contributed by atoms with Gasteiger partial charge in [0.15, 0.2) is 17.7 Å². The molecule has 0 aromatic carbocycles. The van der Waals surface area contributed by atoms with E-state index in [4.69, 9.17) is 15.6 Å². The number of rotatable bonds is 12. The first-order chi connectivity index (χ1) is 16.6. The minimum Gasteiger partial charge on any atom is -0.778 e. The zero-order chi connectivity index (χ0) is 26.9. The second-order valence-electron chi connectivity index (χ2n) is 7.31. The molecular weight excluding hydrogens is 555 g/mol. The van der Waals surface area contributed by atoms with Gasteiger partial charge in [-0.25, -0.2) is 19.3 Å². The average Bonchev–Trinajstić information content (AvgIpc) is 3.27. The van der Waals surface area contributed by atoms with Gasteiger partial charge in [0, 0.05) is 12.6 Å². The summed E-state index contributed by atoms with van der Waals surface area (Å²) in [6.45, 7) is -1.06. The smallest absolute Gasteiger partial charge is 0.303 e. The summed E-state index contributed by atoms with van der Waals surface area (Å²) >= 11 is 0. The largest absolute Gasteiger partial charge is 0.778 e. The van der Waals surface area contributed by atoms with Crippen LogP contribution in [0.4, 0.5) is 5.82 Å². The van der Waals surface area contributed by atoms with Gasteiger partial charge in [0.2, 0.25) is 0 Å². The van der Waals surface area contributed by atoms with Gasteiger partial charge in [0.1, 0.15) is 37.8 Å². The highest BCUT2D eigenvalue weighted by Gasteiger charge is 2.45. The number of fused-ring (bicyclic) bond motifs is 1. The van der Waals surface area contributed by atoms with E-state index in [0.29, 0.717) is 0 Å². The van der Waals surface area contributed by atoms with E-state index in [1.165, 1.54) is 10.9 Å². The van der Waals surface area contributed by atoms with Crippen molar-refractivity contribution >= 4 is 46.2 Å². The third-order valence-corrected chi connectivity index (χ3v) is 9.37. The lowest BCUT2D eigenvalue weighted by molar-refractivity contribution is -0.246. The standard InChI is InChI=1S/C14H22N5O14P3/c15-12-9-13(17-5-16-12)19(6-18-9)14-11(23)10(22)7(31-14)4-30-35(26,27)33-36(28,29)32-34(24,25)3-1-2-8(20)21/h5-7,10-11,14,22-23H,1-4H2,(H,20,21)(H,24,25)(H,26,27)(H,28,29)(H2,15,16,17)/p-3/t7-,10+,11?,14-/m1/s1. The minimum absolute atomic E-state index is 0.0184. The molecule has 2 aromatic heterocycles. The Morgan fingerprint density at radius 3 is 2.47 bits per heavy atom. The van der Waals surface area contributed by atoms with Crippen LogP contribution in [0.15, 0.2) is 12.7 Å². The molecule has 4 unspecified atom stereocenters. The molecule has 1 aliphatic rings. The summed E-state index contributed by atoms with van der Waals surface area (Å²) in [5.74, 6) is -1.33. The second-order valence-corrected chi connectivity index (χ2v) is 12.3. The predicted octanol–water partition coefficient (Wildman–Crippen LogP) is -2.57. The molecule has 3 heterocycles. The molecule has 19 nitrogen and oxygen atoms in total. The summed E-state index contributed by atoms with van der Waals surface area (Å²) in [5.41, 5.74) is 5.95. The number of imidazole rings is 1. The molecular formula is C14H19N5O14P3-3. The molecule has 1 fully saturated rings. The van der Waals surface area contributed by atoms with Crippen LogP contribution in [0, 0.1) is 0 Å². The topological polar surface area (TPSA) is 305 Å². The van der Waals surface area contributed by atoms with Crippen LogP contribution in [-0.4, -0.2) is 71.9 Å². The minimum atomic E-state index is -6.04. The van der Waals surface area contributed by atoms with Crippen molar-refractivity contribution < 1.29 is 66.4 Å². The lowest BCUT2D eigenvalue weighted by Crippen LogP contribution is -2.34. The number of ether oxygens (including phenoxy) is 1. The van der Waals surface area contributed by atoms with Crippen LogP contribution < -0.4 is 20.4 Å². The van der Waals surface area contributed by atoms with E-state index in [2.05, 4.69) is 28.1 Å². The summed E-state index contributed by atoms with van der Waals surface area (Å²) in [7, 11) is -17.1. The Morgan fingerprint density at radius 2 is 1.81 bits per heavy atom. The van der Waals surface area contributed by atoms with Crippen LogP contribution in [0.5, 0.6) is 0 Å². The van der Waals surface area contributed by atoms with Gasteiger partial charge in [0.25, 0.3) is 15.6 Å². The van der Waals surface area contributed by atoms with Gasteiger partial charge in [0.05, 0.1) is 12.9 Å². The number of anilines is 1. The number of aliphatic hydroxyl groups excluding tert-OH is 2. The molecule has 0 saturated carbocycles. The monoisotopic (exact) mass is 574 g/mol. The Kier molecular flexibility index (Phi) is 8.67. The number of phosphoric ester groups is 1. The molecule has 22 heteroatoms. The van der Waals surface area contributed by atoms with E-state index < -0.39 is 79.4 Å². The third kappa shape index (κ3) is 7.13. The number of hydrogen-bond acceptors (Lipinski definition) is 17. The molecule has 0 radical (unpaired) electrons. The highest BCUT2D eigenvalue weighted by molar-refractivity contribution is 7.66. The molecule has 7 atom stereocenters. The van der Waals surface area contributed by atoms with Crippen LogP contribution in [0.25, 0.3) is 11.2 Å². The van der Waals surface area contributed by atoms with E-state index >= 15 is 0 Å². The molecule has 3 rings (SSSR count). The van der Waals surface area contributed by atoms with E-state index in [1.807, 2.05) is 0 Å². The van der Waals surface area contributed by atoms with Crippen LogP contribution >= 0.6 is 23.2 Å². The molecule has 1 saturated heterocycles. The first kappa shape index (κ1) is 28.7. The first-order valence-corrected chi connectivity index (χ1v) is 14.4. The highest BCUT2D eigenvalue weighted by atomic mass is 31.3. The first-order valence-electron chi connectivity index (χ1n) is 9.76. The number of nitrogen functional groups attached to an aromatic ring is 1. The third-order valence-electron chi connectivity index (χ3n) is 4.64. The Hall–Kier alpha value is -1.85. The van der Waals surface area contributed by atoms with Gasteiger partial charge in [-0.05, 0) is 6.42 Å². The van der Waals surface area contributed by atoms with Gasteiger partial charge >= 0.3 is 5.97 Å². The number of aromatic nitrogens is 4. The van der Waals surface area contributed by atoms with Crippen molar-refractivity contribution in [1.29, 1.82) is 0 Å². The zero-order valence-electron chi connectivity index (χ0n) is 17.8. The molecule has 2 aromatic rings. The summed E-state index contributed by atoms with van der Waals surface area (Å²) in [4.78, 5) is 57.4. The predicted molar refractivity (Wildman–Crippen MR) is 108 cm³/mol. The molecule has 5 N–H and O–H groups in total. The van der Waals surface area contributed by atoms with E-state index in [-0.39, 0.29) is 17.0 Å². The molecule has 0 amide bonds. The molecule has 0 bridgehead atoms. The number of hydrogen-bond donors (Lipinski definition) is 4. The van der Waals surface area contributed by atoms with Crippen LogP contribution in [-0.2, 0) is 36.4 Å². The number of nitrogens with zero attached hydrogens (tertiary/aromatic N) is 4. The fourth-order valence-corrected chi connectivity index (χ4v) is 7.07. The van der Waals surface area contributed by atoms with Gasteiger partial charge in [-0.2, -0.15) is 0 Å². The Balaban J connectivity index is 1.61. The second kappa shape index (κ2) is 10.9. The normalized spacial score (nSPS) is 27.4. The summed E-state index contributed by atoms with van der Waals surface area (Å²) in [6.07, 6.45) is -6.14. The highest BCUT2D eigenvalue weighted by Crippen LogP contribution is 2.62. The Labute approximate surface area is 201 Å². The summed E-state index contributed by atoms with van der Waals surface area (Å²) < 4.78 is 53.7. The van der Waals surface area contributed by atoms with Crippen molar-refractivity contribution in [1.82, 2.24) is 19.5 Å². The maximum atomic E-state index is 11.9. The zero-order valence-corrected chi connectivity index (χ0v) is 20.5. The van der Waals surface area contributed by atoms with Gasteiger partial charge in [-0.3, -0.25) is 22.8 Å². The van der Waals surface area contributed by atoms with Crippen LogP contribution in [0.2, 0.25) is 0 Å². The number of carbonyl (C=O) groups is 1. The fraction of sp³-hybridized carbons (Fsp3) is 0.571. The van der Waals surface area contributed by atoms with Gasteiger partial charge < -0.3 is 49.6 Å². The molecule has 202 valence electrons. The van der Waals surface area contributed by atoms with Crippen molar-refractivity contribution in [3.8, 4) is 0 Å². The summed E-state index contributed by atoms with van der Waals surface area (Å²) in [6, 6.07) is 0. The van der Waals surface area contributed by atoms with Crippen LogP contribution in [0.3, 0.4) is 0 Å². The number of phosphoric acid groups is 2. The molecule has 1 aliphatic heterocycles. The number of carboxylic acids is 1. The number of aliphatic carboxylic acids is 1. The fourth-order valence-electron chi connectivity index (χ4n) is 3.10. The maximum absolute atomic E-state index is 11.9. The Morgan fingerprint density at radius 1 is 1.11 bits per heavy atom. The van der Waals surface area contributed by atoms with E-state index in [9.17, 15) is 43.4 Å². The van der Waals surface area contributed by atoms with Crippen molar-refractivity contribution in [2.45, 2.75) is 37.4 Å². The molecule has 0 aliphatic carbocycles. The SMILES string of the molecule is Nc1ncnc2c1ncn2[C@@H]1O[C@H](COP(=O)([O-])OP(=O)([O-])OP(=O)([O-])CCCC(=O)O)[C@H](O)C1O. The summed E-state index contributed by atoms with van der Waals surface area (Å²) in [5, 5.41) is 29.0. The molecule has 0 spiro atoms. The quantitative estimate of drug-likeness (QED) is 0.189. The number of aliphatic hydroxyl groups is 2. The van der Waals surface area contributed by atoms with Crippen molar-refractivity contribution in [3.05, 3.63) is 12.7 Å². The average molecular weight is 574 g/mol. The van der Waals surface area contributed by atoms with Crippen LogP contribution in [0.1, 0.15) is 19.1 Å². The lowest BCUT2D eigenvalue weighted by atomic mass is 10.1. The van der Waals surface area contributed by atoms with E-state index in [1.54, 1.807) is 0 Å².